The van der Waals surface area contributed by atoms with Crippen LogP contribution in [0.4, 0.5) is 4.39 Å². The fourth-order valence-electron chi connectivity index (χ4n) is 3.72. The van der Waals surface area contributed by atoms with Crippen molar-refractivity contribution in [1.82, 2.24) is 9.62 Å². The van der Waals surface area contributed by atoms with E-state index in [9.17, 15) is 22.4 Å². The first kappa shape index (κ1) is 25.3. The molecule has 0 aromatic heterocycles. The standard InChI is InChI=1S/C23H26ClFN2O5S/c1-22(2,3)26-33(30,31)19-14-16(13-18(24)20(19)25)21(29)27-11-9-23(10-12-28,32-15-27)17-7-5-4-6-8-17/h4-8,12-14,26H,9-11,15H2,1-3H3. The van der Waals surface area contributed by atoms with Crippen molar-refractivity contribution in [3.63, 3.8) is 0 Å². The molecule has 2 aromatic carbocycles. The van der Waals surface area contributed by atoms with Gasteiger partial charge in [0, 0.05) is 24.1 Å². The molecule has 0 aliphatic carbocycles. The van der Waals surface area contributed by atoms with E-state index in [0.29, 0.717) is 6.42 Å². The predicted molar refractivity (Wildman–Crippen MR) is 122 cm³/mol. The number of nitrogens with one attached hydrogen (secondary N) is 1. The highest BCUT2D eigenvalue weighted by Gasteiger charge is 2.39. The highest BCUT2D eigenvalue weighted by atomic mass is 35.5. The molecule has 1 amide bonds. The van der Waals surface area contributed by atoms with E-state index in [1.165, 1.54) is 4.90 Å². The average molecular weight is 497 g/mol. The average Bonchev–Trinajstić information content (AvgIpc) is 2.74. The molecule has 1 fully saturated rings. The lowest BCUT2D eigenvalue weighted by molar-refractivity contribution is -0.142. The fourth-order valence-corrected chi connectivity index (χ4v) is 5.54. The number of ether oxygens (including phenoxy) is 1. The summed E-state index contributed by atoms with van der Waals surface area (Å²) in [6.45, 7) is 4.96. The molecule has 0 bridgehead atoms. The number of nitrogens with zero attached hydrogens (tertiary/aromatic N) is 1. The summed E-state index contributed by atoms with van der Waals surface area (Å²) in [6.07, 6.45) is 1.26. The van der Waals surface area contributed by atoms with Crippen LogP contribution in [0.5, 0.6) is 0 Å². The Hall–Kier alpha value is -2.33. The van der Waals surface area contributed by atoms with Gasteiger partial charge in [0.1, 0.15) is 23.5 Å². The number of benzene rings is 2. The molecule has 0 radical (unpaired) electrons. The Bertz CT molecular complexity index is 1140. The van der Waals surface area contributed by atoms with E-state index < -0.39 is 42.8 Å². The minimum absolute atomic E-state index is 0.0816. The van der Waals surface area contributed by atoms with Gasteiger partial charge in [0.2, 0.25) is 10.0 Å². The van der Waals surface area contributed by atoms with E-state index in [-0.39, 0.29) is 25.3 Å². The molecule has 10 heteroatoms. The summed E-state index contributed by atoms with van der Waals surface area (Å²) in [6, 6.07) is 11.3. The van der Waals surface area contributed by atoms with Crippen LogP contribution in [-0.4, -0.2) is 44.3 Å². The van der Waals surface area contributed by atoms with E-state index in [1.807, 2.05) is 30.3 Å². The van der Waals surface area contributed by atoms with Gasteiger partial charge in [0.25, 0.3) is 5.91 Å². The second-order valence-corrected chi connectivity index (χ2v) is 11.0. The summed E-state index contributed by atoms with van der Waals surface area (Å²) >= 11 is 5.94. The molecule has 1 atom stereocenters. The first-order valence-electron chi connectivity index (χ1n) is 10.3. The third-order valence-electron chi connectivity index (χ3n) is 5.25. The second kappa shape index (κ2) is 9.50. The molecule has 0 spiro atoms. The van der Waals surface area contributed by atoms with Crippen LogP contribution >= 0.6 is 11.6 Å². The van der Waals surface area contributed by atoms with E-state index >= 15 is 0 Å². The summed E-state index contributed by atoms with van der Waals surface area (Å²) in [5.74, 6) is -1.69. The molecular weight excluding hydrogens is 471 g/mol. The first-order chi connectivity index (χ1) is 15.4. The van der Waals surface area contributed by atoms with Crippen LogP contribution in [0.1, 0.15) is 49.5 Å². The van der Waals surface area contributed by atoms with Gasteiger partial charge in [-0.15, -0.1) is 0 Å². The monoisotopic (exact) mass is 496 g/mol. The zero-order chi connectivity index (χ0) is 24.4. The Balaban J connectivity index is 1.87. The van der Waals surface area contributed by atoms with Gasteiger partial charge >= 0.3 is 0 Å². The maximum Gasteiger partial charge on any atom is 0.255 e. The number of hydrogen-bond acceptors (Lipinski definition) is 5. The smallest absolute Gasteiger partial charge is 0.255 e. The van der Waals surface area contributed by atoms with E-state index in [1.54, 1.807) is 20.8 Å². The lowest BCUT2D eigenvalue weighted by Gasteiger charge is -2.41. The zero-order valence-corrected chi connectivity index (χ0v) is 20.2. The van der Waals surface area contributed by atoms with Crippen LogP contribution in [0, 0.1) is 5.82 Å². The van der Waals surface area contributed by atoms with Crippen LogP contribution in [0.3, 0.4) is 0 Å². The maximum atomic E-state index is 14.6. The molecule has 178 valence electrons. The Morgan fingerprint density at radius 3 is 2.48 bits per heavy atom. The van der Waals surface area contributed by atoms with E-state index in [2.05, 4.69) is 4.72 Å². The molecule has 1 aliphatic rings. The Morgan fingerprint density at radius 1 is 1.27 bits per heavy atom. The number of amides is 1. The highest BCUT2D eigenvalue weighted by Crippen LogP contribution is 2.36. The van der Waals surface area contributed by atoms with Crippen LogP contribution in [0.15, 0.2) is 47.4 Å². The molecule has 1 heterocycles. The third-order valence-corrected chi connectivity index (χ3v) is 7.29. The highest BCUT2D eigenvalue weighted by molar-refractivity contribution is 7.89. The molecule has 0 saturated carbocycles. The number of carbonyl (C=O) groups is 2. The summed E-state index contributed by atoms with van der Waals surface area (Å²) in [7, 11) is -4.27. The molecule has 33 heavy (non-hydrogen) atoms. The van der Waals surface area contributed by atoms with Crippen molar-refractivity contribution in [2.24, 2.45) is 0 Å². The van der Waals surface area contributed by atoms with Crippen molar-refractivity contribution in [3.8, 4) is 0 Å². The summed E-state index contributed by atoms with van der Waals surface area (Å²) in [5.41, 5.74) is -0.971. The topological polar surface area (TPSA) is 92.8 Å². The number of aldehydes is 1. The molecule has 1 aliphatic heterocycles. The van der Waals surface area contributed by atoms with Crippen molar-refractivity contribution >= 4 is 33.8 Å². The predicted octanol–water partition coefficient (Wildman–Crippen LogP) is 3.86. The largest absolute Gasteiger partial charge is 0.349 e. The normalized spacial score (nSPS) is 19.4. The van der Waals surface area contributed by atoms with Gasteiger partial charge < -0.3 is 14.4 Å². The maximum absolute atomic E-state index is 14.6. The van der Waals surface area contributed by atoms with Crippen molar-refractivity contribution in [2.45, 2.75) is 49.6 Å². The van der Waals surface area contributed by atoms with Crippen molar-refractivity contribution in [2.75, 3.05) is 13.3 Å². The Kier molecular flexibility index (Phi) is 7.28. The molecule has 7 nitrogen and oxygen atoms in total. The molecule has 1 saturated heterocycles. The van der Waals surface area contributed by atoms with Crippen LogP contribution < -0.4 is 4.72 Å². The molecule has 1 unspecified atom stereocenters. The summed E-state index contributed by atoms with van der Waals surface area (Å²) < 4.78 is 48.3. The minimum atomic E-state index is -4.27. The lowest BCUT2D eigenvalue weighted by atomic mass is 9.86. The van der Waals surface area contributed by atoms with Gasteiger partial charge in [0.05, 0.1) is 5.02 Å². The van der Waals surface area contributed by atoms with Gasteiger partial charge in [-0.25, -0.2) is 17.5 Å². The van der Waals surface area contributed by atoms with E-state index in [0.717, 1.165) is 24.0 Å². The molecule has 1 N–H and O–H groups in total. The van der Waals surface area contributed by atoms with Crippen molar-refractivity contribution in [3.05, 3.63) is 64.4 Å². The van der Waals surface area contributed by atoms with Crippen LogP contribution in [0.25, 0.3) is 0 Å². The van der Waals surface area contributed by atoms with Crippen molar-refractivity contribution in [1.29, 1.82) is 0 Å². The second-order valence-electron chi connectivity index (χ2n) is 8.95. The minimum Gasteiger partial charge on any atom is -0.349 e. The summed E-state index contributed by atoms with van der Waals surface area (Å²) in [4.78, 5) is 25.1. The van der Waals surface area contributed by atoms with Gasteiger partial charge in [-0.1, -0.05) is 41.9 Å². The zero-order valence-electron chi connectivity index (χ0n) is 18.6. The van der Waals surface area contributed by atoms with Gasteiger partial charge in [-0.2, -0.15) is 0 Å². The Labute approximate surface area is 197 Å². The van der Waals surface area contributed by atoms with Crippen LogP contribution in [-0.2, 0) is 25.2 Å². The Morgan fingerprint density at radius 2 is 1.94 bits per heavy atom. The van der Waals surface area contributed by atoms with Gasteiger partial charge in [-0.05, 0) is 44.9 Å². The quantitative estimate of drug-likeness (QED) is 0.613. The first-order valence-corrected chi connectivity index (χ1v) is 12.2. The number of carbonyl (C=O) groups excluding carboxylic acids is 2. The van der Waals surface area contributed by atoms with E-state index in [4.69, 9.17) is 16.3 Å². The summed E-state index contributed by atoms with van der Waals surface area (Å²) in [5, 5.41) is -0.479. The van der Waals surface area contributed by atoms with Crippen LogP contribution in [0.2, 0.25) is 5.02 Å². The number of hydrogen-bond donors (Lipinski definition) is 1. The third kappa shape index (κ3) is 5.60. The molecule has 3 rings (SSSR count). The fraction of sp³-hybridized carbons (Fsp3) is 0.391. The lowest BCUT2D eigenvalue weighted by Crippen LogP contribution is -2.47. The molecule has 2 aromatic rings. The number of rotatable bonds is 6. The van der Waals surface area contributed by atoms with Gasteiger partial charge in [0.15, 0.2) is 5.82 Å². The van der Waals surface area contributed by atoms with Crippen molar-refractivity contribution < 1.29 is 27.1 Å². The number of halogens is 2. The molecular formula is C23H26ClFN2O5S. The van der Waals surface area contributed by atoms with Gasteiger partial charge in [-0.3, -0.25) is 4.79 Å². The SMILES string of the molecule is CC(C)(C)NS(=O)(=O)c1cc(C(=O)N2CCC(CC=O)(c3ccccc3)OC2)cc(Cl)c1F. The number of sulfonamides is 1.